The number of carbonyl (C=O) groups is 1. The summed E-state index contributed by atoms with van der Waals surface area (Å²) in [5.41, 5.74) is 3.52. The SMILES string of the molecule is C/C=C\C=C(/C)C(c1c[nH]c2ccccc12)N1CC(CCC)CC1=O. The van der Waals surface area contributed by atoms with Crippen LogP contribution in [-0.4, -0.2) is 22.3 Å². The highest BCUT2D eigenvalue weighted by molar-refractivity contribution is 5.86. The zero-order valence-electron chi connectivity index (χ0n) is 15.5. The molecule has 2 aromatic rings. The topological polar surface area (TPSA) is 36.1 Å². The summed E-state index contributed by atoms with van der Waals surface area (Å²) < 4.78 is 0. The Kier molecular flexibility index (Phi) is 5.42. The molecule has 1 aliphatic heterocycles. The number of likely N-dealkylation sites (tertiary alicyclic amines) is 1. The summed E-state index contributed by atoms with van der Waals surface area (Å²) in [6.07, 6.45) is 11.2. The molecule has 0 saturated carbocycles. The lowest BCUT2D eigenvalue weighted by Gasteiger charge is -2.29. The number of rotatable bonds is 6. The molecule has 3 rings (SSSR count). The van der Waals surface area contributed by atoms with Crippen LogP contribution in [0.1, 0.15) is 51.6 Å². The summed E-state index contributed by atoms with van der Waals surface area (Å²) in [6, 6.07) is 8.33. The third-order valence-corrected chi connectivity index (χ3v) is 5.15. The maximum atomic E-state index is 12.8. The summed E-state index contributed by atoms with van der Waals surface area (Å²) >= 11 is 0. The van der Waals surface area contributed by atoms with E-state index in [0.29, 0.717) is 12.3 Å². The fourth-order valence-electron chi connectivity index (χ4n) is 3.98. The molecule has 0 radical (unpaired) electrons. The Labute approximate surface area is 150 Å². The maximum absolute atomic E-state index is 12.8. The largest absolute Gasteiger partial charge is 0.361 e. The van der Waals surface area contributed by atoms with Crippen molar-refractivity contribution in [2.45, 2.75) is 46.1 Å². The predicted molar refractivity (Wildman–Crippen MR) is 104 cm³/mol. The Balaban J connectivity index is 2.03. The molecule has 1 amide bonds. The van der Waals surface area contributed by atoms with Crippen LogP contribution in [0.3, 0.4) is 0 Å². The Morgan fingerprint density at radius 1 is 1.40 bits per heavy atom. The van der Waals surface area contributed by atoms with E-state index in [2.05, 4.69) is 60.3 Å². The number of benzene rings is 1. The van der Waals surface area contributed by atoms with Gasteiger partial charge in [-0.3, -0.25) is 4.79 Å². The number of amides is 1. The van der Waals surface area contributed by atoms with E-state index in [4.69, 9.17) is 0 Å². The minimum Gasteiger partial charge on any atom is -0.361 e. The molecule has 2 atom stereocenters. The number of aromatic amines is 1. The molecule has 0 spiro atoms. The van der Waals surface area contributed by atoms with E-state index in [0.717, 1.165) is 24.9 Å². The first-order valence-electron chi connectivity index (χ1n) is 9.30. The van der Waals surface area contributed by atoms with Gasteiger partial charge in [-0.1, -0.05) is 49.8 Å². The van der Waals surface area contributed by atoms with Crippen molar-refractivity contribution in [2.75, 3.05) is 6.54 Å². The number of allylic oxidation sites excluding steroid dienone is 3. The monoisotopic (exact) mass is 336 g/mol. The first-order valence-corrected chi connectivity index (χ1v) is 9.30. The van der Waals surface area contributed by atoms with E-state index in [-0.39, 0.29) is 11.9 Å². The number of nitrogens with zero attached hydrogens (tertiary/aromatic N) is 1. The average molecular weight is 336 g/mol. The van der Waals surface area contributed by atoms with Gasteiger partial charge in [0.1, 0.15) is 0 Å². The van der Waals surface area contributed by atoms with Crippen LogP contribution in [0.5, 0.6) is 0 Å². The number of hydrogen-bond acceptors (Lipinski definition) is 1. The molecule has 2 heterocycles. The molecular weight excluding hydrogens is 308 g/mol. The summed E-state index contributed by atoms with van der Waals surface area (Å²) in [5, 5.41) is 1.20. The van der Waals surface area contributed by atoms with E-state index in [1.54, 1.807) is 0 Å². The zero-order chi connectivity index (χ0) is 17.8. The predicted octanol–water partition coefficient (Wildman–Crippen LogP) is 5.38. The van der Waals surface area contributed by atoms with Gasteiger partial charge in [-0.2, -0.15) is 0 Å². The van der Waals surface area contributed by atoms with E-state index in [9.17, 15) is 4.79 Å². The molecule has 25 heavy (non-hydrogen) atoms. The van der Waals surface area contributed by atoms with Crippen molar-refractivity contribution in [3.05, 3.63) is 59.8 Å². The van der Waals surface area contributed by atoms with Crippen molar-refractivity contribution in [1.82, 2.24) is 9.88 Å². The molecule has 132 valence electrons. The van der Waals surface area contributed by atoms with Crippen molar-refractivity contribution >= 4 is 16.8 Å². The number of aromatic nitrogens is 1. The minimum absolute atomic E-state index is 0.00158. The summed E-state index contributed by atoms with van der Waals surface area (Å²) in [4.78, 5) is 18.2. The number of nitrogens with one attached hydrogen (secondary N) is 1. The third-order valence-electron chi connectivity index (χ3n) is 5.15. The van der Waals surface area contributed by atoms with Crippen molar-refractivity contribution in [3.63, 3.8) is 0 Å². The number of hydrogen-bond donors (Lipinski definition) is 1. The van der Waals surface area contributed by atoms with Crippen molar-refractivity contribution in [3.8, 4) is 0 Å². The van der Waals surface area contributed by atoms with Crippen molar-refractivity contribution in [2.24, 2.45) is 5.92 Å². The lowest BCUT2D eigenvalue weighted by Crippen LogP contribution is -2.31. The van der Waals surface area contributed by atoms with Gasteiger partial charge in [0.05, 0.1) is 6.04 Å². The molecule has 1 aromatic carbocycles. The second-order valence-corrected chi connectivity index (χ2v) is 7.03. The van der Waals surface area contributed by atoms with Crippen LogP contribution < -0.4 is 0 Å². The molecule has 1 aromatic heterocycles. The standard InChI is InChI=1S/C22H28N2O/c1-4-6-10-16(3)22(24-15-17(9-5-2)13-21(24)25)19-14-23-20-12-8-7-11-18(19)20/h4,6-8,10-12,14,17,22-23H,5,9,13,15H2,1-3H3/b6-4-,16-10+. The molecule has 0 bridgehead atoms. The highest BCUT2D eigenvalue weighted by Crippen LogP contribution is 2.38. The quantitative estimate of drug-likeness (QED) is 0.706. The van der Waals surface area contributed by atoms with E-state index < -0.39 is 0 Å². The lowest BCUT2D eigenvalue weighted by atomic mass is 9.97. The first-order chi connectivity index (χ1) is 12.2. The minimum atomic E-state index is 0.00158. The fraction of sp³-hybridized carbons (Fsp3) is 0.409. The Hall–Kier alpha value is -2.29. The van der Waals surface area contributed by atoms with Crippen LogP contribution in [0, 0.1) is 5.92 Å². The van der Waals surface area contributed by atoms with Crippen molar-refractivity contribution in [1.29, 1.82) is 0 Å². The molecule has 0 aliphatic carbocycles. The summed E-state index contributed by atoms with van der Waals surface area (Å²) in [5.74, 6) is 0.765. The van der Waals surface area contributed by atoms with Crippen LogP contribution in [0.4, 0.5) is 0 Å². The first kappa shape index (κ1) is 17.5. The molecule has 3 nitrogen and oxygen atoms in total. The Morgan fingerprint density at radius 3 is 2.96 bits per heavy atom. The smallest absolute Gasteiger partial charge is 0.223 e. The molecule has 1 saturated heterocycles. The molecular formula is C22H28N2O. The number of para-hydroxylation sites is 1. The fourth-order valence-corrected chi connectivity index (χ4v) is 3.98. The van der Waals surface area contributed by atoms with Gasteiger partial charge in [0, 0.05) is 35.6 Å². The second-order valence-electron chi connectivity index (χ2n) is 7.03. The van der Waals surface area contributed by atoms with E-state index >= 15 is 0 Å². The molecule has 1 N–H and O–H groups in total. The van der Waals surface area contributed by atoms with Crippen LogP contribution in [0.15, 0.2) is 54.3 Å². The molecule has 3 heteroatoms. The number of carbonyl (C=O) groups excluding carboxylic acids is 1. The summed E-state index contributed by atoms with van der Waals surface area (Å²) in [7, 11) is 0. The highest BCUT2D eigenvalue weighted by atomic mass is 16.2. The lowest BCUT2D eigenvalue weighted by molar-refractivity contribution is -0.129. The molecule has 1 fully saturated rings. The summed E-state index contributed by atoms with van der Waals surface area (Å²) in [6.45, 7) is 7.20. The average Bonchev–Trinajstić information content (AvgIpc) is 3.18. The normalized spacial score (nSPS) is 20.1. The molecule has 2 unspecified atom stereocenters. The van der Waals surface area contributed by atoms with Gasteiger partial charge < -0.3 is 9.88 Å². The van der Waals surface area contributed by atoms with E-state index in [1.807, 2.05) is 19.1 Å². The molecule has 1 aliphatic rings. The van der Waals surface area contributed by atoms with Gasteiger partial charge >= 0.3 is 0 Å². The number of fused-ring (bicyclic) bond motifs is 1. The van der Waals surface area contributed by atoms with Gasteiger partial charge in [-0.25, -0.2) is 0 Å². The van der Waals surface area contributed by atoms with Crippen molar-refractivity contribution < 1.29 is 4.79 Å². The van der Waals surface area contributed by atoms with Crippen LogP contribution in [0.25, 0.3) is 10.9 Å². The van der Waals surface area contributed by atoms with Gasteiger partial charge in [0.25, 0.3) is 0 Å². The van der Waals surface area contributed by atoms with Gasteiger partial charge in [-0.05, 0) is 37.8 Å². The van der Waals surface area contributed by atoms with Gasteiger partial charge in [-0.15, -0.1) is 0 Å². The zero-order valence-corrected chi connectivity index (χ0v) is 15.5. The second kappa shape index (κ2) is 7.73. The van der Waals surface area contributed by atoms with Crippen LogP contribution >= 0.6 is 0 Å². The van der Waals surface area contributed by atoms with Gasteiger partial charge in [0.2, 0.25) is 5.91 Å². The Morgan fingerprint density at radius 2 is 2.20 bits per heavy atom. The van der Waals surface area contributed by atoms with Crippen LogP contribution in [-0.2, 0) is 4.79 Å². The highest BCUT2D eigenvalue weighted by Gasteiger charge is 2.36. The number of H-pyrrole nitrogens is 1. The van der Waals surface area contributed by atoms with E-state index in [1.165, 1.54) is 16.5 Å². The van der Waals surface area contributed by atoms with Crippen LogP contribution in [0.2, 0.25) is 0 Å². The Bertz CT molecular complexity index is 799. The third kappa shape index (κ3) is 3.55. The maximum Gasteiger partial charge on any atom is 0.223 e. The van der Waals surface area contributed by atoms with Gasteiger partial charge in [0.15, 0.2) is 0 Å².